The molecule has 398 valence electrons. The zero-order valence-electron chi connectivity index (χ0n) is 45.6. The summed E-state index contributed by atoms with van der Waals surface area (Å²) in [4.78, 5) is 38.2. The maximum Gasteiger partial charge on any atom is 0.306 e. The highest BCUT2D eigenvalue weighted by Gasteiger charge is 2.19. The summed E-state index contributed by atoms with van der Waals surface area (Å²) in [6.45, 7) is 6.56. The lowest BCUT2D eigenvalue weighted by atomic mass is 10.0. The van der Waals surface area contributed by atoms with Crippen LogP contribution in [0.5, 0.6) is 0 Å². The number of carbonyl (C=O) groups excluding carboxylic acids is 3. The Hall–Kier alpha value is -3.15. The molecule has 0 N–H and O–H groups in total. The van der Waals surface area contributed by atoms with Gasteiger partial charge < -0.3 is 14.2 Å². The molecule has 0 amide bonds. The minimum atomic E-state index is -0.801. The van der Waals surface area contributed by atoms with Gasteiger partial charge in [-0.2, -0.15) is 0 Å². The van der Waals surface area contributed by atoms with Gasteiger partial charge in [-0.25, -0.2) is 0 Å². The first-order valence-corrected chi connectivity index (χ1v) is 29.4. The third kappa shape index (κ3) is 55.6. The maximum atomic E-state index is 12.9. The first-order chi connectivity index (χ1) is 34.0. The van der Waals surface area contributed by atoms with Crippen LogP contribution in [0.25, 0.3) is 0 Å². The second-order valence-corrected chi connectivity index (χ2v) is 19.6. The molecule has 0 radical (unpaired) electrons. The van der Waals surface area contributed by atoms with E-state index >= 15 is 0 Å². The normalized spacial score (nSPS) is 12.6. The number of carbonyl (C=O) groups is 3. The Morgan fingerprint density at radius 3 is 0.899 bits per heavy atom. The summed E-state index contributed by atoms with van der Waals surface area (Å²) in [5.74, 6) is -0.949. The average Bonchev–Trinajstić information content (AvgIpc) is 3.35. The van der Waals surface area contributed by atoms with Gasteiger partial charge in [-0.3, -0.25) is 14.4 Å². The van der Waals surface area contributed by atoms with E-state index in [1.54, 1.807) is 0 Å². The van der Waals surface area contributed by atoms with Crippen molar-refractivity contribution in [3.63, 3.8) is 0 Å². The summed E-state index contributed by atoms with van der Waals surface area (Å²) >= 11 is 0. The maximum absolute atomic E-state index is 12.9. The van der Waals surface area contributed by atoms with Crippen molar-refractivity contribution >= 4 is 17.9 Å². The monoisotopic (exact) mass is 963 g/mol. The van der Waals surface area contributed by atoms with E-state index in [0.29, 0.717) is 19.3 Å². The van der Waals surface area contributed by atoms with Crippen LogP contribution in [0.2, 0.25) is 0 Å². The molecule has 0 aromatic rings. The van der Waals surface area contributed by atoms with Crippen molar-refractivity contribution in [2.24, 2.45) is 0 Å². The largest absolute Gasteiger partial charge is 0.462 e. The highest BCUT2D eigenvalue weighted by Crippen LogP contribution is 2.16. The molecule has 0 aromatic heterocycles. The van der Waals surface area contributed by atoms with E-state index in [2.05, 4.69) is 93.7 Å². The van der Waals surface area contributed by atoms with Crippen molar-refractivity contribution in [2.45, 2.75) is 297 Å². The molecule has 6 heteroatoms. The zero-order chi connectivity index (χ0) is 50.0. The Labute approximate surface area is 427 Å². The van der Waals surface area contributed by atoms with Gasteiger partial charge in [0.25, 0.3) is 0 Å². The van der Waals surface area contributed by atoms with Crippen LogP contribution in [0.3, 0.4) is 0 Å². The molecule has 0 saturated heterocycles. The molecule has 0 heterocycles. The van der Waals surface area contributed by atoms with Crippen LogP contribution in [0.1, 0.15) is 290 Å². The second kappa shape index (κ2) is 57.4. The molecule has 0 aliphatic carbocycles. The SMILES string of the molecule is CCCCC/C=C\C/C=C\C/C=C\C/C=C\CCCC(=O)OC[C@@H](COC(=O)CCCCCCCCCCCCCCCCCCC)OC(=O)CCCCCCCCC/C=C\C/C=C\CCCCC. The van der Waals surface area contributed by atoms with Crippen LogP contribution in [0, 0.1) is 0 Å². The molecule has 0 saturated carbocycles. The van der Waals surface area contributed by atoms with Gasteiger partial charge in [-0.05, 0) is 89.9 Å². The smallest absolute Gasteiger partial charge is 0.306 e. The lowest BCUT2D eigenvalue weighted by Gasteiger charge is -2.18. The van der Waals surface area contributed by atoms with E-state index in [4.69, 9.17) is 14.2 Å². The summed E-state index contributed by atoms with van der Waals surface area (Å²) in [5, 5.41) is 0. The molecular formula is C63H110O6. The number of unbranched alkanes of at least 4 members (excludes halogenated alkanes) is 30. The van der Waals surface area contributed by atoms with Crippen molar-refractivity contribution in [1.82, 2.24) is 0 Å². The zero-order valence-corrected chi connectivity index (χ0v) is 45.6. The third-order valence-electron chi connectivity index (χ3n) is 12.7. The fourth-order valence-corrected chi connectivity index (χ4v) is 8.23. The number of ether oxygens (including phenoxy) is 3. The molecule has 0 unspecified atom stereocenters. The van der Waals surface area contributed by atoms with Gasteiger partial charge in [0.05, 0.1) is 0 Å². The van der Waals surface area contributed by atoms with Crippen molar-refractivity contribution in [2.75, 3.05) is 13.2 Å². The number of rotatable bonds is 53. The van der Waals surface area contributed by atoms with Crippen LogP contribution in [-0.4, -0.2) is 37.2 Å². The Morgan fingerprint density at radius 2 is 0.536 bits per heavy atom. The second-order valence-electron chi connectivity index (χ2n) is 19.6. The van der Waals surface area contributed by atoms with E-state index in [1.807, 2.05) is 0 Å². The Kier molecular flexibility index (Phi) is 54.8. The minimum Gasteiger partial charge on any atom is -0.462 e. The molecule has 0 spiro atoms. The summed E-state index contributed by atoms with van der Waals surface area (Å²) in [7, 11) is 0. The molecule has 0 bridgehead atoms. The van der Waals surface area contributed by atoms with Crippen molar-refractivity contribution in [3.05, 3.63) is 72.9 Å². The molecular weight excluding hydrogens is 853 g/mol. The van der Waals surface area contributed by atoms with E-state index in [-0.39, 0.29) is 37.5 Å². The molecule has 0 rings (SSSR count). The van der Waals surface area contributed by atoms with E-state index in [1.165, 1.54) is 167 Å². The predicted molar refractivity (Wildman–Crippen MR) is 298 cm³/mol. The molecule has 0 aliphatic rings. The van der Waals surface area contributed by atoms with Crippen molar-refractivity contribution in [1.29, 1.82) is 0 Å². The highest BCUT2D eigenvalue weighted by molar-refractivity contribution is 5.71. The van der Waals surface area contributed by atoms with Crippen molar-refractivity contribution in [3.8, 4) is 0 Å². The van der Waals surface area contributed by atoms with Gasteiger partial charge in [0, 0.05) is 19.3 Å². The summed E-state index contributed by atoms with van der Waals surface area (Å²) in [6, 6.07) is 0. The van der Waals surface area contributed by atoms with E-state index < -0.39 is 6.10 Å². The van der Waals surface area contributed by atoms with Crippen LogP contribution in [0.15, 0.2) is 72.9 Å². The fourth-order valence-electron chi connectivity index (χ4n) is 8.23. The van der Waals surface area contributed by atoms with Gasteiger partial charge >= 0.3 is 17.9 Å². The quantitative estimate of drug-likeness (QED) is 0.0262. The third-order valence-corrected chi connectivity index (χ3v) is 12.7. The van der Waals surface area contributed by atoms with E-state index in [0.717, 1.165) is 77.0 Å². The van der Waals surface area contributed by atoms with Gasteiger partial charge in [-0.15, -0.1) is 0 Å². The minimum absolute atomic E-state index is 0.0933. The van der Waals surface area contributed by atoms with Crippen molar-refractivity contribution < 1.29 is 28.6 Å². The molecule has 6 nitrogen and oxygen atoms in total. The number of hydrogen-bond donors (Lipinski definition) is 0. The first kappa shape index (κ1) is 65.8. The first-order valence-electron chi connectivity index (χ1n) is 29.4. The molecule has 69 heavy (non-hydrogen) atoms. The van der Waals surface area contributed by atoms with Crippen LogP contribution < -0.4 is 0 Å². The number of esters is 3. The van der Waals surface area contributed by atoms with Crippen LogP contribution in [0.4, 0.5) is 0 Å². The topological polar surface area (TPSA) is 78.9 Å². The van der Waals surface area contributed by atoms with Crippen LogP contribution in [-0.2, 0) is 28.6 Å². The van der Waals surface area contributed by atoms with E-state index in [9.17, 15) is 14.4 Å². The van der Waals surface area contributed by atoms with Gasteiger partial charge in [0.1, 0.15) is 13.2 Å². The average molecular weight is 964 g/mol. The van der Waals surface area contributed by atoms with Gasteiger partial charge in [0.15, 0.2) is 6.10 Å². The summed E-state index contributed by atoms with van der Waals surface area (Å²) in [6.07, 6.45) is 73.2. The number of hydrogen-bond acceptors (Lipinski definition) is 6. The Bertz CT molecular complexity index is 1290. The van der Waals surface area contributed by atoms with Gasteiger partial charge in [0.2, 0.25) is 0 Å². The molecule has 1 atom stereocenters. The lowest BCUT2D eigenvalue weighted by Crippen LogP contribution is -2.30. The Morgan fingerprint density at radius 1 is 0.290 bits per heavy atom. The summed E-state index contributed by atoms with van der Waals surface area (Å²) < 4.78 is 16.8. The van der Waals surface area contributed by atoms with Gasteiger partial charge in [-0.1, -0.05) is 254 Å². The fraction of sp³-hybridized carbons (Fsp3) is 0.762. The highest BCUT2D eigenvalue weighted by atomic mass is 16.6. The van der Waals surface area contributed by atoms with Crippen LogP contribution >= 0.6 is 0 Å². The standard InChI is InChI=1S/C63H110O6/c1-4-7-10-13-16-19-22-25-28-31-34-37-40-43-46-49-52-55-61(64)67-58-60(69-63(66)57-54-51-48-45-42-39-36-33-30-27-24-21-18-15-12-9-6-3)59-68-62(65)56-53-50-47-44-41-38-35-32-29-26-23-20-17-14-11-8-5-2/h16,18-19,21,25,27-28,30,34,37,43,46,60H,4-15,17,20,22-24,26,29,31-33,35-36,38-42,44-45,47-59H2,1-3H3/b19-16-,21-18-,28-25-,30-27-,37-34-,46-43-/t60-/m0/s1. The predicted octanol–water partition coefficient (Wildman–Crippen LogP) is 19.8. The number of allylic oxidation sites excluding steroid dienone is 12. The lowest BCUT2D eigenvalue weighted by molar-refractivity contribution is -0.167. The molecule has 0 fully saturated rings. The Balaban J connectivity index is 4.46. The molecule has 0 aromatic carbocycles. The summed E-state index contributed by atoms with van der Waals surface area (Å²) in [5.41, 5.74) is 0. The molecule has 0 aliphatic heterocycles.